The van der Waals surface area contributed by atoms with E-state index < -0.39 is 5.41 Å². The Balaban J connectivity index is 4.09. The van der Waals surface area contributed by atoms with Gasteiger partial charge in [0.05, 0.1) is 5.41 Å². The second-order valence-corrected chi connectivity index (χ2v) is 4.21. The van der Waals surface area contributed by atoms with E-state index in [1.807, 2.05) is 13.8 Å². The van der Waals surface area contributed by atoms with Crippen molar-refractivity contribution in [2.24, 2.45) is 5.41 Å². The quantitative estimate of drug-likeness (QED) is 0.333. The molecule has 0 aliphatic heterocycles. The lowest BCUT2D eigenvalue weighted by atomic mass is 9.78. The van der Waals surface area contributed by atoms with Gasteiger partial charge in [-0.3, -0.25) is 4.79 Å². The van der Waals surface area contributed by atoms with Crippen molar-refractivity contribution in [2.45, 2.75) is 65.7 Å². The molecule has 0 aromatic rings. The summed E-state index contributed by atoms with van der Waals surface area (Å²) in [6.45, 7) is 5.99. The van der Waals surface area contributed by atoms with Crippen LogP contribution in [0.25, 0.3) is 0 Å². The Morgan fingerprint density at radius 3 is 2.07 bits per heavy atom. The molecule has 0 saturated carbocycles. The molecule has 0 aliphatic rings. The monoisotopic (exact) mass is 212 g/mol. The number of Topliss-reactive ketones (excluding diaryl/α,β-unsaturated/α-hetero) is 1. The molecule has 88 valence electrons. The molecule has 0 radical (unpaired) electrons. The van der Waals surface area contributed by atoms with Crippen molar-refractivity contribution in [3.63, 3.8) is 0 Å². The largest absolute Gasteiger partial charge is 0.302 e. The number of carbonyl (C=O) groups is 2. The Morgan fingerprint density at radius 1 is 1.07 bits per heavy atom. The van der Waals surface area contributed by atoms with Gasteiger partial charge in [-0.2, -0.15) is 0 Å². The Hall–Kier alpha value is -0.660. The Bertz CT molecular complexity index is 193. The molecule has 15 heavy (non-hydrogen) atoms. The standard InChI is InChI=1S/C13H24O2/c1-4-7-8-9-10-12(15)13(5-2,6-3)11-14/h11H,4-10H2,1-3H3. The van der Waals surface area contributed by atoms with Crippen molar-refractivity contribution in [2.75, 3.05) is 0 Å². The first kappa shape index (κ1) is 14.3. The van der Waals surface area contributed by atoms with E-state index in [0.717, 1.165) is 19.1 Å². The molecule has 0 heterocycles. The summed E-state index contributed by atoms with van der Waals surface area (Å²) < 4.78 is 0. The van der Waals surface area contributed by atoms with E-state index in [4.69, 9.17) is 0 Å². The van der Waals surface area contributed by atoms with Crippen molar-refractivity contribution in [1.82, 2.24) is 0 Å². The first-order valence-electron chi connectivity index (χ1n) is 6.16. The Labute approximate surface area is 93.4 Å². The van der Waals surface area contributed by atoms with Gasteiger partial charge in [0.25, 0.3) is 0 Å². The van der Waals surface area contributed by atoms with Crippen LogP contribution in [0.4, 0.5) is 0 Å². The SMILES string of the molecule is CCCCCCC(=O)C(C=O)(CC)CC. The molecule has 0 fully saturated rings. The number of aldehydes is 1. The first-order chi connectivity index (χ1) is 7.16. The first-order valence-corrected chi connectivity index (χ1v) is 6.16. The molecule has 0 aromatic heterocycles. The molecular weight excluding hydrogens is 188 g/mol. The predicted molar refractivity (Wildman–Crippen MR) is 62.8 cm³/mol. The van der Waals surface area contributed by atoms with Gasteiger partial charge in [-0.25, -0.2) is 0 Å². The van der Waals surface area contributed by atoms with Gasteiger partial charge in [-0.1, -0.05) is 40.0 Å². The van der Waals surface area contributed by atoms with Crippen LogP contribution in [0.5, 0.6) is 0 Å². The summed E-state index contributed by atoms with van der Waals surface area (Å²) in [6, 6.07) is 0. The zero-order valence-corrected chi connectivity index (χ0v) is 10.3. The summed E-state index contributed by atoms with van der Waals surface area (Å²) in [5.74, 6) is 0.138. The Morgan fingerprint density at radius 2 is 1.67 bits per heavy atom. The van der Waals surface area contributed by atoms with Gasteiger partial charge < -0.3 is 4.79 Å². The van der Waals surface area contributed by atoms with Crippen LogP contribution >= 0.6 is 0 Å². The van der Waals surface area contributed by atoms with Crippen LogP contribution in [-0.4, -0.2) is 12.1 Å². The van der Waals surface area contributed by atoms with E-state index in [-0.39, 0.29) is 5.78 Å². The van der Waals surface area contributed by atoms with E-state index in [9.17, 15) is 9.59 Å². The fourth-order valence-electron chi connectivity index (χ4n) is 1.84. The van der Waals surface area contributed by atoms with Crippen LogP contribution in [0.1, 0.15) is 65.7 Å². The molecule has 0 spiro atoms. The normalized spacial score (nSPS) is 11.4. The molecule has 0 N–H and O–H groups in total. The van der Waals surface area contributed by atoms with E-state index in [1.54, 1.807) is 0 Å². The van der Waals surface area contributed by atoms with Crippen molar-refractivity contribution < 1.29 is 9.59 Å². The van der Waals surface area contributed by atoms with E-state index in [0.29, 0.717) is 19.3 Å². The van der Waals surface area contributed by atoms with Crippen LogP contribution in [0, 0.1) is 5.41 Å². The molecule has 0 atom stereocenters. The van der Waals surface area contributed by atoms with Gasteiger partial charge >= 0.3 is 0 Å². The van der Waals surface area contributed by atoms with Gasteiger partial charge in [0.15, 0.2) is 0 Å². The highest BCUT2D eigenvalue weighted by Crippen LogP contribution is 2.27. The number of hydrogen-bond acceptors (Lipinski definition) is 2. The van der Waals surface area contributed by atoms with Gasteiger partial charge in [-0.05, 0) is 19.3 Å². The van der Waals surface area contributed by atoms with Crippen LogP contribution in [-0.2, 0) is 9.59 Å². The highest BCUT2D eigenvalue weighted by atomic mass is 16.1. The summed E-state index contributed by atoms with van der Waals surface area (Å²) in [7, 11) is 0. The average molecular weight is 212 g/mol. The lowest BCUT2D eigenvalue weighted by molar-refractivity contribution is -0.135. The van der Waals surface area contributed by atoms with Crippen molar-refractivity contribution in [1.29, 1.82) is 0 Å². The molecular formula is C13H24O2. The minimum Gasteiger partial charge on any atom is -0.302 e. The molecule has 0 amide bonds. The molecule has 0 aliphatic carbocycles. The van der Waals surface area contributed by atoms with Gasteiger partial charge in [-0.15, -0.1) is 0 Å². The highest BCUT2D eigenvalue weighted by molar-refractivity contribution is 5.97. The topological polar surface area (TPSA) is 34.1 Å². The van der Waals surface area contributed by atoms with E-state index in [1.165, 1.54) is 12.8 Å². The molecule has 0 rings (SSSR count). The maximum Gasteiger partial charge on any atom is 0.146 e. The van der Waals surface area contributed by atoms with E-state index >= 15 is 0 Å². The van der Waals surface area contributed by atoms with Crippen LogP contribution < -0.4 is 0 Å². The third-order valence-corrected chi connectivity index (χ3v) is 3.30. The molecule has 2 heteroatoms. The number of carbonyl (C=O) groups excluding carboxylic acids is 2. The minimum atomic E-state index is -0.688. The lowest BCUT2D eigenvalue weighted by Gasteiger charge is -2.22. The number of rotatable bonds is 9. The Kier molecular flexibility index (Phi) is 7.27. The van der Waals surface area contributed by atoms with Crippen LogP contribution in [0.15, 0.2) is 0 Å². The minimum absolute atomic E-state index is 0.138. The number of ketones is 1. The molecule has 2 nitrogen and oxygen atoms in total. The molecule has 0 unspecified atom stereocenters. The maximum absolute atomic E-state index is 11.9. The summed E-state index contributed by atoms with van der Waals surface area (Å²) in [4.78, 5) is 22.9. The number of hydrogen-bond donors (Lipinski definition) is 0. The maximum atomic E-state index is 11.9. The number of unbranched alkanes of at least 4 members (excludes halogenated alkanes) is 3. The van der Waals surface area contributed by atoms with Gasteiger partial charge in [0.2, 0.25) is 0 Å². The van der Waals surface area contributed by atoms with Gasteiger partial charge in [0.1, 0.15) is 12.1 Å². The average Bonchev–Trinajstić information content (AvgIpc) is 2.28. The fraction of sp³-hybridized carbons (Fsp3) is 0.846. The zero-order valence-electron chi connectivity index (χ0n) is 10.3. The van der Waals surface area contributed by atoms with Crippen molar-refractivity contribution in [3.05, 3.63) is 0 Å². The smallest absolute Gasteiger partial charge is 0.146 e. The third kappa shape index (κ3) is 4.15. The molecule has 0 bridgehead atoms. The lowest BCUT2D eigenvalue weighted by Crippen LogP contribution is -2.31. The van der Waals surface area contributed by atoms with Crippen molar-refractivity contribution >= 4 is 12.1 Å². The molecule has 0 saturated heterocycles. The fourth-order valence-corrected chi connectivity index (χ4v) is 1.84. The second-order valence-electron chi connectivity index (χ2n) is 4.21. The van der Waals surface area contributed by atoms with Crippen LogP contribution in [0.2, 0.25) is 0 Å². The zero-order chi connectivity index (χ0) is 11.7. The summed E-state index contributed by atoms with van der Waals surface area (Å²) in [5, 5.41) is 0. The summed E-state index contributed by atoms with van der Waals surface area (Å²) >= 11 is 0. The highest BCUT2D eigenvalue weighted by Gasteiger charge is 2.33. The summed E-state index contributed by atoms with van der Waals surface area (Å²) in [6.07, 6.45) is 7.09. The summed E-state index contributed by atoms with van der Waals surface area (Å²) in [5.41, 5.74) is -0.688. The second kappa shape index (κ2) is 7.61. The van der Waals surface area contributed by atoms with E-state index in [2.05, 4.69) is 6.92 Å². The predicted octanol–water partition coefficient (Wildman–Crippen LogP) is 3.53. The molecule has 0 aromatic carbocycles. The van der Waals surface area contributed by atoms with Gasteiger partial charge in [0, 0.05) is 6.42 Å². The van der Waals surface area contributed by atoms with Crippen LogP contribution in [0.3, 0.4) is 0 Å². The van der Waals surface area contributed by atoms with Crippen molar-refractivity contribution in [3.8, 4) is 0 Å². The third-order valence-electron chi connectivity index (χ3n) is 3.30.